The molecule has 22 heavy (non-hydrogen) atoms. The number of anilines is 1. The molecule has 7 nitrogen and oxygen atoms in total. The summed E-state index contributed by atoms with van der Waals surface area (Å²) in [6.45, 7) is 0.645. The van der Waals surface area contributed by atoms with Crippen molar-refractivity contribution in [3.8, 4) is 0 Å². The average molecular weight is 295 g/mol. The lowest BCUT2D eigenvalue weighted by molar-refractivity contribution is 0.345. The van der Waals surface area contributed by atoms with E-state index in [-0.39, 0.29) is 0 Å². The highest BCUT2D eigenvalue weighted by molar-refractivity contribution is 5.40. The average Bonchev–Trinajstić information content (AvgIpc) is 2.93. The largest absolute Gasteiger partial charge is 0.364 e. The first kappa shape index (κ1) is 13.1. The highest BCUT2D eigenvalue weighted by Gasteiger charge is 2.28. The van der Waals surface area contributed by atoms with Gasteiger partial charge in [0, 0.05) is 36.1 Å². The summed E-state index contributed by atoms with van der Waals surface area (Å²) in [4.78, 5) is 17.0. The van der Waals surface area contributed by atoms with Crippen molar-refractivity contribution in [2.45, 2.75) is 31.3 Å². The van der Waals surface area contributed by atoms with E-state index in [2.05, 4.69) is 25.3 Å². The minimum atomic E-state index is 0.322. The molecule has 0 radical (unpaired) electrons. The van der Waals surface area contributed by atoms with Gasteiger partial charge in [-0.05, 0) is 12.8 Å². The van der Waals surface area contributed by atoms with Crippen molar-refractivity contribution in [3.05, 3.63) is 48.6 Å². The molecular weight excluding hydrogens is 278 g/mol. The Morgan fingerprint density at radius 1 is 1.23 bits per heavy atom. The zero-order valence-electron chi connectivity index (χ0n) is 12.1. The summed E-state index contributed by atoms with van der Waals surface area (Å²) in [5.74, 6) is 1.30. The van der Waals surface area contributed by atoms with Crippen LogP contribution in [0.2, 0.25) is 0 Å². The van der Waals surface area contributed by atoms with E-state index in [9.17, 15) is 0 Å². The molecule has 0 atom stereocenters. The number of hydrogen-bond acceptors (Lipinski definition) is 6. The second-order valence-electron chi connectivity index (χ2n) is 5.66. The minimum Gasteiger partial charge on any atom is -0.364 e. The Labute approximate surface area is 127 Å². The van der Waals surface area contributed by atoms with Crippen LogP contribution < -0.4 is 11.1 Å². The SMILES string of the molecule is NC1CC(c2cc(NCc3cnc4cnccn34)ncn2)C1. The van der Waals surface area contributed by atoms with Crippen LogP contribution in [0.4, 0.5) is 5.82 Å². The van der Waals surface area contributed by atoms with E-state index in [4.69, 9.17) is 5.73 Å². The van der Waals surface area contributed by atoms with Gasteiger partial charge in [-0.3, -0.25) is 9.38 Å². The summed E-state index contributed by atoms with van der Waals surface area (Å²) >= 11 is 0. The van der Waals surface area contributed by atoms with Gasteiger partial charge >= 0.3 is 0 Å². The maximum atomic E-state index is 5.85. The van der Waals surface area contributed by atoms with Gasteiger partial charge in [0.2, 0.25) is 0 Å². The maximum Gasteiger partial charge on any atom is 0.155 e. The number of fused-ring (bicyclic) bond motifs is 1. The van der Waals surface area contributed by atoms with Crippen LogP contribution in [0.3, 0.4) is 0 Å². The fourth-order valence-corrected chi connectivity index (χ4v) is 2.80. The third kappa shape index (κ3) is 2.39. The number of nitrogens with zero attached hydrogens (tertiary/aromatic N) is 5. The number of imidazole rings is 1. The summed E-state index contributed by atoms with van der Waals surface area (Å²) in [6.07, 6.45) is 10.9. The van der Waals surface area contributed by atoms with Crippen LogP contribution in [0.25, 0.3) is 5.65 Å². The molecule has 0 amide bonds. The Morgan fingerprint density at radius 2 is 2.14 bits per heavy atom. The molecule has 4 rings (SSSR count). The molecule has 0 saturated heterocycles. The molecule has 0 spiro atoms. The summed E-state index contributed by atoms with van der Waals surface area (Å²) in [5.41, 5.74) is 8.81. The molecule has 1 aliphatic carbocycles. The van der Waals surface area contributed by atoms with Crippen LogP contribution in [-0.4, -0.2) is 30.4 Å². The quantitative estimate of drug-likeness (QED) is 0.754. The van der Waals surface area contributed by atoms with Crippen molar-refractivity contribution in [1.82, 2.24) is 24.3 Å². The van der Waals surface area contributed by atoms with Gasteiger partial charge in [-0.1, -0.05) is 0 Å². The van der Waals surface area contributed by atoms with Gasteiger partial charge in [0.15, 0.2) is 5.65 Å². The van der Waals surface area contributed by atoms with Crippen molar-refractivity contribution < 1.29 is 0 Å². The Balaban J connectivity index is 1.48. The Morgan fingerprint density at radius 3 is 3.00 bits per heavy atom. The number of rotatable bonds is 4. The zero-order chi connectivity index (χ0) is 14.9. The third-order valence-corrected chi connectivity index (χ3v) is 4.13. The summed E-state index contributed by atoms with van der Waals surface area (Å²) in [5, 5.41) is 3.33. The highest BCUT2D eigenvalue weighted by Crippen LogP contribution is 2.34. The molecule has 0 unspecified atom stereocenters. The van der Waals surface area contributed by atoms with Gasteiger partial charge in [-0.2, -0.15) is 0 Å². The molecule has 0 aromatic carbocycles. The second-order valence-corrected chi connectivity index (χ2v) is 5.66. The van der Waals surface area contributed by atoms with E-state index in [0.29, 0.717) is 18.5 Å². The van der Waals surface area contributed by atoms with Gasteiger partial charge in [0.05, 0.1) is 24.6 Å². The standard InChI is InChI=1S/C15H17N7/c16-11-3-10(4-11)13-5-14(21-9-20-13)18-6-12-7-19-15-8-17-1-2-22(12)15/h1-2,5,7-11H,3-4,6,16H2,(H,18,20,21). The van der Waals surface area contributed by atoms with Crippen molar-refractivity contribution in [2.24, 2.45) is 5.73 Å². The molecule has 3 N–H and O–H groups in total. The maximum absolute atomic E-state index is 5.85. The summed E-state index contributed by atoms with van der Waals surface area (Å²) in [7, 11) is 0. The summed E-state index contributed by atoms with van der Waals surface area (Å²) < 4.78 is 2.01. The van der Waals surface area contributed by atoms with Gasteiger partial charge < -0.3 is 11.1 Å². The molecular formula is C15H17N7. The Bertz CT molecular complexity index is 791. The van der Waals surface area contributed by atoms with E-state index in [1.54, 1.807) is 18.7 Å². The number of nitrogens with one attached hydrogen (secondary N) is 1. The van der Waals surface area contributed by atoms with Gasteiger partial charge in [-0.15, -0.1) is 0 Å². The lowest BCUT2D eigenvalue weighted by Crippen LogP contribution is -2.35. The fourth-order valence-electron chi connectivity index (χ4n) is 2.80. The molecule has 7 heteroatoms. The van der Waals surface area contributed by atoms with E-state index in [1.165, 1.54) is 0 Å². The van der Waals surface area contributed by atoms with Gasteiger partial charge in [0.1, 0.15) is 12.1 Å². The predicted octanol–water partition coefficient (Wildman–Crippen LogP) is 1.34. The monoisotopic (exact) mass is 295 g/mol. The molecule has 3 aromatic rings. The lowest BCUT2D eigenvalue weighted by Gasteiger charge is -2.31. The third-order valence-electron chi connectivity index (χ3n) is 4.13. The first-order valence-corrected chi connectivity index (χ1v) is 7.37. The van der Waals surface area contributed by atoms with Crippen molar-refractivity contribution >= 4 is 11.5 Å². The van der Waals surface area contributed by atoms with Crippen molar-refractivity contribution in [2.75, 3.05) is 5.32 Å². The number of nitrogens with two attached hydrogens (primary N) is 1. The predicted molar refractivity (Wildman–Crippen MR) is 82.3 cm³/mol. The first-order chi connectivity index (χ1) is 10.8. The molecule has 1 fully saturated rings. The van der Waals surface area contributed by atoms with Crippen molar-refractivity contribution in [3.63, 3.8) is 0 Å². The molecule has 3 heterocycles. The molecule has 1 saturated carbocycles. The molecule has 0 bridgehead atoms. The zero-order valence-corrected chi connectivity index (χ0v) is 12.1. The van der Waals surface area contributed by atoms with Crippen LogP contribution in [0.1, 0.15) is 30.1 Å². The first-order valence-electron chi connectivity index (χ1n) is 7.37. The van der Waals surface area contributed by atoms with Crippen LogP contribution in [0, 0.1) is 0 Å². The minimum absolute atomic E-state index is 0.322. The van der Waals surface area contributed by atoms with E-state index >= 15 is 0 Å². The van der Waals surface area contributed by atoms with E-state index in [0.717, 1.165) is 35.7 Å². The number of aromatic nitrogens is 5. The Hall–Kier alpha value is -2.54. The van der Waals surface area contributed by atoms with Crippen LogP contribution in [0.15, 0.2) is 37.2 Å². The molecule has 1 aliphatic rings. The van der Waals surface area contributed by atoms with Crippen LogP contribution in [-0.2, 0) is 6.54 Å². The number of hydrogen-bond donors (Lipinski definition) is 2. The lowest BCUT2D eigenvalue weighted by atomic mass is 9.79. The fraction of sp³-hybridized carbons (Fsp3) is 0.333. The molecule has 0 aliphatic heterocycles. The van der Waals surface area contributed by atoms with E-state index < -0.39 is 0 Å². The van der Waals surface area contributed by atoms with Crippen molar-refractivity contribution in [1.29, 1.82) is 0 Å². The summed E-state index contributed by atoms with van der Waals surface area (Å²) in [6, 6.07) is 2.34. The van der Waals surface area contributed by atoms with Crippen LogP contribution in [0.5, 0.6) is 0 Å². The molecule has 112 valence electrons. The normalized spacial score (nSPS) is 20.8. The Kier molecular flexibility index (Phi) is 3.19. The highest BCUT2D eigenvalue weighted by atomic mass is 15.1. The van der Waals surface area contributed by atoms with Gasteiger partial charge in [0.25, 0.3) is 0 Å². The second kappa shape index (κ2) is 5.34. The topological polar surface area (TPSA) is 94.0 Å². The smallest absolute Gasteiger partial charge is 0.155 e. The van der Waals surface area contributed by atoms with Crippen LogP contribution >= 0.6 is 0 Å². The van der Waals surface area contributed by atoms with E-state index in [1.807, 2.05) is 22.9 Å². The molecule has 3 aromatic heterocycles. The van der Waals surface area contributed by atoms with Gasteiger partial charge in [-0.25, -0.2) is 15.0 Å².